The Morgan fingerprint density at radius 3 is 2.36 bits per heavy atom. The van der Waals surface area contributed by atoms with Crippen molar-refractivity contribution in [3.8, 4) is 0 Å². The minimum Gasteiger partial charge on any atom is -0.348 e. The molecule has 3 aromatic carbocycles. The van der Waals surface area contributed by atoms with E-state index in [1.165, 1.54) is 11.3 Å². The lowest BCUT2D eigenvalue weighted by molar-refractivity contribution is 0.0951. The van der Waals surface area contributed by atoms with Gasteiger partial charge in [0.15, 0.2) is 9.84 Å². The lowest BCUT2D eigenvalue weighted by atomic mass is 10.0. The molecule has 0 saturated carbocycles. The number of benzene rings is 3. The maximum atomic E-state index is 12.9. The highest BCUT2D eigenvalue weighted by Crippen LogP contribution is 2.28. The van der Waals surface area contributed by atoms with Crippen molar-refractivity contribution in [1.29, 1.82) is 0 Å². The molecule has 0 spiro atoms. The van der Waals surface area contributed by atoms with Crippen molar-refractivity contribution in [2.45, 2.75) is 51.6 Å². The number of aryl methyl sites for hydroxylation is 1. The molecule has 1 amide bonds. The van der Waals surface area contributed by atoms with Crippen molar-refractivity contribution in [3.63, 3.8) is 0 Å². The molecular formula is C29H31ClN2O3S. The van der Waals surface area contributed by atoms with Gasteiger partial charge in [-0.05, 0) is 86.0 Å². The van der Waals surface area contributed by atoms with Gasteiger partial charge in [-0.3, -0.25) is 4.79 Å². The fourth-order valence-electron chi connectivity index (χ4n) is 4.50. The van der Waals surface area contributed by atoms with E-state index in [1.54, 1.807) is 31.2 Å². The average molecular weight is 523 g/mol. The zero-order valence-corrected chi connectivity index (χ0v) is 22.6. The number of fused-ring (bicyclic) bond motifs is 1. The van der Waals surface area contributed by atoms with Crippen molar-refractivity contribution in [1.82, 2.24) is 9.88 Å². The first-order valence-electron chi connectivity index (χ1n) is 12.1. The first-order chi connectivity index (χ1) is 17.1. The second-order valence-electron chi connectivity index (χ2n) is 9.35. The van der Waals surface area contributed by atoms with Crippen LogP contribution in [-0.4, -0.2) is 24.6 Å². The first kappa shape index (κ1) is 26.0. The second kappa shape index (κ2) is 10.5. The highest BCUT2D eigenvalue weighted by atomic mass is 35.5. The van der Waals surface area contributed by atoms with Gasteiger partial charge in [0.05, 0.1) is 10.6 Å². The van der Waals surface area contributed by atoms with Gasteiger partial charge in [-0.15, -0.1) is 0 Å². The van der Waals surface area contributed by atoms with Gasteiger partial charge >= 0.3 is 0 Å². The van der Waals surface area contributed by atoms with Gasteiger partial charge in [-0.2, -0.15) is 0 Å². The molecule has 0 atom stereocenters. The Morgan fingerprint density at radius 2 is 1.72 bits per heavy atom. The van der Waals surface area contributed by atoms with Gasteiger partial charge in [0.1, 0.15) is 0 Å². The molecule has 36 heavy (non-hydrogen) atoms. The van der Waals surface area contributed by atoms with Crippen molar-refractivity contribution in [2.75, 3.05) is 5.75 Å². The second-order valence-corrected chi connectivity index (χ2v) is 12.1. The third-order valence-corrected chi connectivity index (χ3v) is 8.47. The van der Waals surface area contributed by atoms with Crippen molar-refractivity contribution in [3.05, 3.63) is 99.7 Å². The molecule has 4 aromatic rings. The molecule has 0 bridgehead atoms. The number of nitrogens with zero attached hydrogens (tertiary/aromatic N) is 1. The lowest BCUT2D eigenvalue weighted by Crippen LogP contribution is -2.22. The standard InChI is InChI=1S/C29H31ClN2O3S/c1-5-36(34,35)27-11-6-21(7-12-27)18-31-29(33)23-9-13-28-24(15-23)17-26(32(28)19(2)3)16-22-8-10-25(30)14-20(22)4/h6-15,17,19H,5,16,18H2,1-4H3,(H,31,33). The van der Waals surface area contributed by atoms with Crippen LogP contribution in [0.2, 0.25) is 5.02 Å². The first-order valence-corrected chi connectivity index (χ1v) is 14.1. The molecule has 0 unspecified atom stereocenters. The Balaban J connectivity index is 1.54. The fraction of sp³-hybridized carbons (Fsp3) is 0.276. The number of hydrogen-bond acceptors (Lipinski definition) is 3. The maximum Gasteiger partial charge on any atom is 0.251 e. The number of sulfone groups is 1. The van der Waals surface area contributed by atoms with Crippen LogP contribution in [0.15, 0.2) is 71.6 Å². The van der Waals surface area contributed by atoms with Gasteiger partial charge in [-0.1, -0.05) is 36.7 Å². The summed E-state index contributed by atoms with van der Waals surface area (Å²) in [6.07, 6.45) is 0.779. The summed E-state index contributed by atoms with van der Waals surface area (Å²) >= 11 is 6.14. The number of nitrogens with one attached hydrogen (secondary N) is 1. The van der Waals surface area contributed by atoms with E-state index in [0.717, 1.165) is 33.5 Å². The molecule has 1 N–H and O–H groups in total. The lowest BCUT2D eigenvalue weighted by Gasteiger charge is -2.16. The molecule has 1 aromatic heterocycles. The number of rotatable bonds is 8. The molecule has 1 heterocycles. The summed E-state index contributed by atoms with van der Waals surface area (Å²) in [6.45, 7) is 8.33. The number of aromatic nitrogens is 1. The minimum absolute atomic E-state index is 0.0606. The molecule has 0 aliphatic carbocycles. The normalized spacial score (nSPS) is 11.8. The van der Waals surface area contributed by atoms with E-state index in [4.69, 9.17) is 11.6 Å². The summed E-state index contributed by atoms with van der Waals surface area (Å²) in [5.74, 6) is -0.111. The van der Waals surface area contributed by atoms with Crippen LogP contribution in [0.3, 0.4) is 0 Å². The monoisotopic (exact) mass is 522 g/mol. The van der Waals surface area contributed by atoms with Crippen LogP contribution in [0.25, 0.3) is 10.9 Å². The number of hydrogen-bond donors (Lipinski definition) is 1. The van der Waals surface area contributed by atoms with Crippen LogP contribution >= 0.6 is 11.6 Å². The van der Waals surface area contributed by atoms with Crippen molar-refractivity contribution < 1.29 is 13.2 Å². The predicted molar refractivity (Wildman–Crippen MR) is 147 cm³/mol. The molecule has 0 aliphatic heterocycles. The van der Waals surface area contributed by atoms with Gasteiger partial charge in [0.25, 0.3) is 5.91 Å². The summed E-state index contributed by atoms with van der Waals surface area (Å²) < 4.78 is 26.3. The third kappa shape index (κ3) is 5.50. The van der Waals surface area contributed by atoms with Crippen LogP contribution in [-0.2, 0) is 22.8 Å². The van der Waals surface area contributed by atoms with Crippen LogP contribution in [0.4, 0.5) is 0 Å². The van der Waals surface area contributed by atoms with Crippen molar-refractivity contribution in [2.24, 2.45) is 0 Å². The topological polar surface area (TPSA) is 68.2 Å². The molecule has 4 rings (SSSR count). The minimum atomic E-state index is -3.24. The molecule has 0 saturated heterocycles. The molecule has 5 nitrogen and oxygen atoms in total. The quantitative estimate of drug-likeness (QED) is 0.287. The number of carbonyl (C=O) groups excluding carboxylic acids is 1. The van der Waals surface area contributed by atoms with Crippen LogP contribution in [0.1, 0.15) is 59.6 Å². The smallest absolute Gasteiger partial charge is 0.251 e. The van der Waals surface area contributed by atoms with Gasteiger partial charge < -0.3 is 9.88 Å². The van der Waals surface area contributed by atoms with E-state index in [1.807, 2.05) is 30.3 Å². The van der Waals surface area contributed by atoms with Gasteiger partial charge in [0.2, 0.25) is 0 Å². The SMILES string of the molecule is CCS(=O)(=O)c1ccc(CNC(=O)c2ccc3c(c2)cc(Cc2ccc(Cl)cc2C)n3C(C)C)cc1. The number of amides is 1. The largest absolute Gasteiger partial charge is 0.348 e. The highest BCUT2D eigenvalue weighted by molar-refractivity contribution is 7.91. The zero-order chi connectivity index (χ0) is 26.0. The maximum absolute atomic E-state index is 12.9. The van der Waals surface area contributed by atoms with Crippen LogP contribution < -0.4 is 5.32 Å². The van der Waals surface area contributed by atoms with E-state index >= 15 is 0 Å². The van der Waals surface area contributed by atoms with Gasteiger partial charge in [-0.25, -0.2) is 8.42 Å². The van der Waals surface area contributed by atoms with E-state index in [2.05, 4.69) is 42.8 Å². The Kier molecular flexibility index (Phi) is 7.57. The summed E-state index contributed by atoms with van der Waals surface area (Å²) in [6, 6.07) is 20.8. The third-order valence-electron chi connectivity index (χ3n) is 6.49. The summed E-state index contributed by atoms with van der Waals surface area (Å²) in [5, 5.41) is 4.70. The molecule has 0 fully saturated rings. The Labute approximate surface area is 218 Å². The Morgan fingerprint density at radius 1 is 1.00 bits per heavy atom. The van der Waals surface area contributed by atoms with E-state index in [-0.39, 0.29) is 17.7 Å². The Bertz CT molecular complexity index is 1520. The van der Waals surface area contributed by atoms with Gasteiger partial charge in [0, 0.05) is 46.2 Å². The zero-order valence-electron chi connectivity index (χ0n) is 21.0. The molecule has 0 aliphatic rings. The summed E-state index contributed by atoms with van der Waals surface area (Å²) in [7, 11) is -3.24. The van der Waals surface area contributed by atoms with Crippen LogP contribution in [0, 0.1) is 6.92 Å². The van der Waals surface area contributed by atoms with E-state index in [9.17, 15) is 13.2 Å². The molecular weight excluding hydrogens is 492 g/mol. The van der Waals surface area contributed by atoms with Crippen molar-refractivity contribution >= 4 is 38.2 Å². The number of halogens is 1. The van der Waals surface area contributed by atoms with Crippen LogP contribution in [0.5, 0.6) is 0 Å². The van der Waals surface area contributed by atoms with E-state index in [0.29, 0.717) is 17.0 Å². The summed E-state index contributed by atoms with van der Waals surface area (Å²) in [5.41, 5.74) is 6.08. The van der Waals surface area contributed by atoms with E-state index < -0.39 is 9.84 Å². The molecule has 0 radical (unpaired) electrons. The fourth-order valence-corrected chi connectivity index (χ4v) is 5.61. The molecule has 7 heteroatoms. The highest BCUT2D eigenvalue weighted by Gasteiger charge is 2.16. The number of carbonyl (C=O) groups is 1. The average Bonchev–Trinajstić information content (AvgIpc) is 3.22. The summed E-state index contributed by atoms with van der Waals surface area (Å²) in [4.78, 5) is 13.2. The predicted octanol–water partition coefficient (Wildman–Crippen LogP) is 6.50. The Hall–Kier alpha value is -3.09. The molecule has 188 valence electrons.